The van der Waals surface area contributed by atoms with Crippen molar-refractivity contribution in [2.24, 2.45) is 0 Å². The van der Waals surface area contributed by atoms with E-state index in [1.54, 1.807) is 18.2 Å². The summed E-state index contributed by atoms with van der Waals surface area (Å²) in [5.74, 6) is -0.496. The largest absolute Gasteiger partial charge is 0.489 e. The molecule has 154 valence electrons. The average Bonchev–Trinajstić information content (AvgIpc) is 3.10. The van der Waals surface area contributed by atoms with E-state index in [1.165, 1.54) is 13.2 Å². The molecular formula is C19H17F3N2O4S. The lowest BCUT2D eigenvalue weighted by molar-refractivity contribution is -0.137. The Labute approximate surface area is 168 Å². The number of nitrogens with zero attached hydrogens (tertiary/aromatic N) is 1. The molecule has 0 bridgehead atoms. The molecule has 1 amide bonds. The summed E-state index contributed by atoms with van der Waals surface area (Å²) in [7, 11) is 1.47. The SMILES string of the molecule is COCCOc1ccc(C(F)(F)F)cc1NC(=O)CSc1nc2ccccc2o1. The average molecular weight is 426 g/mol. The molecule has 0 atom stereocenters. The minimum atomic E-state index is -4.54. The van der Waals surface area contributed by atoms with E-state index in [2.05, 4.69) is 10.3 Å². The number of fused-ring (bicyclic) bond motifs is 1. The number of benzene rings is 2. The number of para-hydroxylation sites is 2. The lowest BCUT2D eigenvalue weighted by Crippen LogP contribution is -2.17. The number of thioether (sulfide) groups is 1. The van der Waals surface area contributed by atoms with Gasteiger partial charge < -0.3 is 19.2 Å². The molecule has 1 aromatic heterocycles. The fourth-order valence-corrected chi connectivity index (χ4v) is 3.03. The smallest absolute Gasteiger partial charge is 0.416 e. The maximum absolute atomic E-state index is 13.0. The molecule has 1 heterocycles. The number of nitrogens with one attached hydrogen (secondary N) is 1. The second kappa shape index (κ2) is 9.19. The van der Waals surface area contributed by atoms with Gasteiger partial charge in [-0.15, -0.1) is 0 Å². The Kier molecular flexibility index (Phi) is 6.65. The number of alkyl halides is 3. The lowest BCUT2D eigenvalue weighted by Gasteiger charge is -2.15. The summed E-state index contributed by atoms with van der Waals surface area (Å²) in [6.07, 6.45) is -4.54. The van der Waals surface area contributed by atoms with Crippen molar-refractivity contribution in [2.75, 3.05) is 31.4 Å². The molecule has 2 aromatic carbocycles. The maximum atomic E-state index is 13.0. The van der Waals surface area contributed by atoms with Gasteiger partial charge in [-0.2, -0.15) is 13.2 Å². The monoisotopic (exact) mass is 426 g/mol. The second-order valence-electron chi connectivity index (χ2n) is 5.83. The number of methoxy groups -OCH3 is 1. The van der Waals surface area contributed by atoms with E-state index in [0.29, 0.717) is 16.3 Å². The van der Waals surface area contributed by atoms with Crippen LogP contribution in [-0.4, -0.2) is 37.0 Å². The van der Waals surface area contributed by atoms with Crippen molar-refractivity contribution in [3.63, 3.8) is 0 Å². The van der Waals surface area contributed by atoms with E-state index >= 15 is 0 Å². The van der Waals surface area contributed by atoms with Crippen LogP contribution in [0.5, 0.6) is 5.75 Å². The first-order valence-corrected chi connectivity index (χ1v) is 9.46. The van der Waals surface area contributed by atoms with E-state index in [0.717, 1.165) is 23.9 Å². The number of ether oxygens (including phenoxy) is 2. The van der Waals surface area contributed by atoms with Crippen LogP contribution in [0.4, 0.5) is 18.9 Å². The van der Waals surface area contributed by atoms with Gasteiger partial charge in [-0.3, -0.25) is 4.79 Å². The number of anilines is 1. The van der Waals surface area contributed by atoms with Crippen molar-refractivity contribution >= 4 is 34.5 Å². The van der Waals surface area contributed by atoms with Crippen LogP contribution < -0.4 is 10.1 Å². The summed E-state index contributed by atoms with van der Waals surface area (Å²) < 4.78 is 54.8. The Bertz CT molecular complexity index is 958. The summed E-state index contributed by atoms with van der Waals surface area (Å²) in [5.41, 5.74) is 0.279. The van der Waals surface area contributed by atoms with Crippen LogP contribution in [0.1, 0.15) is 5.56 Å². The van der Waals surface area contributed by atoms with Crippen molar-refractivity contribution in [3.05, 3.63) is 48.0 Å². The predicted octanol–water partition coefficient (Wildman–Crippen LogP) is 4.60. The summed E-state index contributed by atoms with van der Waals surface area (Å²) in [4.78, 5) is 16.5. The molecule has 6 nitrogen and oxygen atoms in total. The first kappa shape index (κ1) is 21.0. The van der Waals surface area contributed by atoms with Crippen LogP contribution in [-0.2, 0) is 15.7 Å². The molecule has 3 aromatic rings. The molecule has 0 saturated carbocycles. The Hall–Kier alpha value is -2.72. The number of carbonyl (C=O) groups is 1. The van der Waals surface area contributed by atoms with E-state index in [4.69, 9.17) is 13.9 Å². The van der Waals surface area contributed by atoms with Gasteiger partial charge in [0, 0.05) is 7.11 Å². The third kappa shape index (κ3) is 5.64. The number of amides is 1. The van der Waals surface area contributed by atoms with Gasteiger partial charge in [0.05, 0.1) is 23.6 Å². The summed E-state index contributed by atoms with van der Waals surface area (Å²) in [5, 5.41) is 2.75. The highest BCUT2D eigenvalue weighted by molar-refractivity contribution is 7.99. The fraction of sp³-hybridized carbons (Fsp3) is 0.263. The van der Waals surface area contributed by atoms with Crippen LogP contribution in [0.3, 0.4) is 0 Å². The summed E-state index contributed by atoms with van der Waals surface area (Å²) >= 11 is 1.04. The van der Waals surface area contributed by atoms with Gasteiger partial charge >= 0.3 is 6.18 Å². The van der Waals surface area contributed by atoms with Gasteiger partial charge in [0.1, 0.15) is 17.9 Å². The van der Waals surface area contributed by atoms with E-state index in [-0.39, 0.29) is 30.4 Å². The lowest BCUT2D eigenvalue weighted by atomic mass is 10.1. The zero-order chi connectivity index (χ0) is 20.9. The first-order valence-electron chi connectivity index (χ1n) is 8.48. The van der Waals surface area contributed by atoms with Crippen LogP contribution >= 0.6 is 11.8 Å². The van der Waals surface area contributed by atoms with Crippen molar-refractivity contribution in [3.8, 4) is 5.75 Å². The third-order valence-corrected chi connectivity index (χ3v) is 4.56. The molecule has 0 aliphatic carbocycles. The van der Waals surface area contributed by atoms with Crippen LogP contribution in [0, 0.1) is 0 Å². The van der Waals surface area contributed by atoms with Gasteiger partial charge in [0.2, 0.25) is 5.91 Å². The zero-order valence-corrected chi connectivity index (χ0v) is 16.1. The minimum absolute atomic E-state index is 0.0703. The Morgan fingerprint density at radius 1 is 1.21 bits per heavy atom. The van der Waals surface area contributed by atoms with E-state index in [9.17, 15) is 18.0 Å². The van der Waals surface area contributed by atoms with E-state index in [1.807, 2.05) is 6.07 Å². The highest BCUT2D eigenvalue weighted by Crippen LogP contribution is 2.35. The maximum Gasteiger partial charge on any atom is 0.416 e. The molecule has 0 aliphatic rings. The fourth-order valence-electron chi connectivity index (χ4n) is 2.39. The second-order valence-corrected chi connectivity index (χ2v) is 6.76. The molecule has 0 unspecified atom stereocenters. The number of aromatic nitrogens is 1. The summed E-state index contributed by atoms with van der Waals surface area (Å²) in [6.45, 7) is 0.379. The molecular weight excluding hydrogens is 409 g/mol. The highest BCUT2D eigenvalue weighted by Gasteiger charge is 2.31. The van der Waals surface area contributed by atoms with Gasteiger partial charge in [-0.25, -0.2) is 4.98 Å². The Morgan fingerprint density at radius 2 is 2.00 bits per heavy atom. The standard InChI is InChI=1S/C19H17F3N2O4S/c1-26-8-9-27-15-7-6-12(19(20,21)22)10-14(15)23-17(25)11-29-18-24-13-4-2-3-5-16(13)28-18/h2-7,10H,8-9,11H2,1H3,(H,23,25). The van der Waals surface area contributed by atoms with Gasteiger partial charge in [-0.05, 0) is 30.3 Å². The number of rotatable bonds is 8. The molecule has 29 heavy (non-hydrogen) atoms. The summed E-state index contributed by atoms with van der Waals surface area (Å²) in [6, 6.07) is 10.0. The van der Waals surface area contributed by atoms with E-state index < -0.39 is 17.6 Å². The zero-order valence-electron chi connectivity index (χ0n) is 15.3. The van der Waals surface area contributed by atoms with Gasteiger partial charge in [0.15, 0.2) is 5.58 Å². The topological polar surface area (TPSA) is 73.6 Å². The molecule has 0 radical (unpaired) electrons. The molecule has 0 spiro atoms. The third-order valence-electron chi connectivity index (χ3n) is 3.73. The quantitative estimate of drug-likeness (QED) is 0.419. The number of oxazole rings is 1. The number of hydrogen-bond donors (Lipinski definition) is 1. The normalized spacial score (nSPS) is 11.6. The van der Waals surface area contributed by atoms with Gasteiger partial charge in [-0.1, -0.05) is 23.9 Å². The first-order chi connectivity index (χ1) is 13.9. The molecule has 0 fully saturated rings. The number of hydrogen-bond acceptors (Lipinski definition) is 6. The van der Waals surface area contributed by atoms with Crippen molar-refractivity contribution in [2.45, 2.75) is 11.4 Å². The van der Waals surface area contributed by atoms with Crippen molar-refractivity contribution < 1.29 is 31.9 Å². The number of carbonyl (C=O) groups excluding carboxylic acids is 1. The Morgan fingerprint density at radius 3 is 2.72 bits per heavy atom. The van der Waals surface area contributed by atoms with Crippen LogP contribution in [0.2, 0.25) is 0 Å². The van der Waals surface area contributed by atoms with Crippen molar-refractivity contribution in [1.82, 2.24) is 4.98 Å². The van der Waals surface area contributed by atoms with Gasteiger partial charge in [0.25, 0.3) is 5.22 Å². The van der Waals surface area contributed by atoms with Crippen molar-refractivity contribution in [1.29, 1.82) is 0 Å². The molecule has 0 aliphatic heterocycles. The molecule has 1 N–H and O–H groups in total. The Balaban J connectivity index is 1.69. The molecule has 3 rings (SSSR count). The van der Waals surface area contributed by atoms with Crippen LogP contribution in [0.25, 0.3) is 11.1 Å². The minimum Gasteiger partial charge on any atom is -0.489 e. The molecule has 10 heteroatoms. The highest BCUT2D eigenvalue weighted by atomic mass is 32.2. The number of halogens is 3. The molecule has 0 saturated heterocycles. The predicted molar refractivity (Wildman–Crippen MR) is 102 cm³/mol. The van der Waals surface area contributed by atoms with Crippen LogP contribution in [0.15, 0.2) is 52.1 Å².